The number of benzene rings is 1. The van der Waals surface area contributed by atoms with Gasteiger partial charge in [0.05, 0.1) is 29.7 Å². The number of aliphatic carboxylic acids is 1. The van der Waals surface area contributed by atoms with Gasteiger partial charge in [0.1, 0.15) is 0 Å². The molecule has 6 nitrogen and oxygen atoms in total. The van der Waals surface area contributed by atoms with Crippen LogP contribution in [0.4, 0.5) is 5.69 Å². The first kappa shape index (κ1) is 11.1. The van der Waals surface area contributed by atoms with Crippen LogP contribution in [0, 0.1) is 10.1 Å². The number of rotatable bonds is 5. The number of ether oxygens (including phenoxy) is 1. The molecule has 0 aromatic heterocycles. The Balaban J connectivity index is 2.67. The lowest BCUT2D eigenvalue weighted by molar-refractivity contribution is -0.386. The van der Waals surface area contributed by atoms with E-state index in [-0.39, 0.29) is 12.3 Å². The molecular weight excluding hydrogens is 202 g/mol. The zero-order valence-electron chi connectivity index (χ0n) is 7.71. The maximum Gasteiger partial charge on any atom is 0.274 e. The zero-order chi connectivity index (χ0) is 11.3. The Morgan fingerprint density at radius 3 is 2.67 bits per heavy atom. The monoisotopic (exact) mass is 210 g/mol. The van der Waals surface area contributed by atoms with Gasteiger partial charge in [-0.05, 0) is 6.07 Å². The van der Waals surface area contributed by atoms with Crippen molar-refractivity contribution in [1.82, 2.24) is 0 Å². The highest BCUT2D eigenvalue weighted by Crippen LogP contribution is 2.18. The number of hydrogen-bond acceptors (Lipinski definition) is 5. The predicted octanol–water partition coefficient (Wildman–Crippen LogP) is -0.139. The first-order chi connectivity index (χ1) is 7.11. The van der Waals surface area contributed by atoms with Crippen LogP contribution in [0.1, 0.15) is 5.56 Å². The van der Waals surface area contributed by atoms with E-state index < -0.39 is 17.5 Å². The Hall–Kier alpha value is -1.95. The average molecular weight is 210 g/mol. The van der Waals surface area contributed by atoms with Gasteiger partial charge >= 0.3 is 0 Å². The number of carboxylic acid groups (broad SMARTS) is 1. The molecule has 0 atom stereocenters. The van der Waals surface area contributed by atoms with Gasteiger partial charge in [0.2, 0.25) is 0 Å². The van der Waals surface area contributed by atoms with Crippen LogP contribution in [-0.4, -0.2) is 17.5 Å². The van der Waals surface area contributed by atoms with Crippen LogP contribution in [0.2, 0.25) is 0 Å². The van der Waals surface area contributed by atoms with Crippen molar-refractivity contribution in [1.29, 1.82) is 0 Å². The van der Waals surface area contributed by atoms with E-state index in [9.17, 15) is 20.0 Å². The lowest BCUT2D eigenvalue weighted by Crippen LogP contribution is -2.27. The standard InChI is InChI=1S/C9H9NO5/c11-9(12)6-15-5-7-3-1-2-4-8(7)10(13)14/h1-4H,5-6H2,(H,11,12)/p-1. The molecule has 0 heterocycles. The molecule has 1 rings (SSSR count). The van der Waals surface area contributed by atoms with Gasteiger partial charge in [-0.25, -0.2) is 0 Å². The summed E-state index contributed by atoms with van der Waals surface area (Å²) in [5, 5.41) is 20.6. The number of hydrogen-bond donors (Lipinski definition) is 0. The quantitative estimate of drug-likeness (QED) is 0.498. The largest absolute Gasteiger partial charge is 0.548 e. The van der Waals surface area contributed by atoms with Gasteiger partial charge in [-0.15, -0.1) is 0 Å². The topological polar surface area (TPSA) is 92.5 Å². The van der Waals surface area contributed by atoms with Crippen molar-refractivity contribution < 1.29 is 19.6 Å². The maximum absolute atomic E-state index is 10.5. The Morgan fingerprint density at radius 2 is 2.07 bits per heavy atom. The van der Waals surface area contributed by atoms with Gasteiger partial charge in [0, 0.05) is 6.07 Å². The normalized spacial score (nSPS) is 9.87. The summed E-state index contributed by atoms with van der Waals surface area (Å²) in [6.45, 7) is -0.697. The number of nitrogens with zero attached hydrogens (tertiary/aromatic N) is 1. The van der Waals surface area contributed by atoms with Crippen molar-refractivity contribution in [2.45, 2.75) is 6.61 Å². The molecule has 0 N–H and O–H groups in total. The average Bonchev–Trinajstić information content (AvgIpc) is 2.17. The molecule has 0 fully saturated rings. The molecule has 15 heavy (non-hydrogen) atoms. The molecule has 6 heteroatoms. The molecule has 0 aliphatic heterocycles. The van der Waals surface area contributed by atoms with Crippen LogP contribution >= 0.6 is 0 Å². The van der Waals surface area contributed by atoms with E-state index in [4.69, 9.17) is 4.74 Å². The second-order valence-electron chi connectivity index (χ2n) is 2.75. The molecule has 80 valence electrons. The summed E-state index contributed by atoms with van der Waals surface area (Å²) in [5.41, 5.74) is 0.250. The third-order valence-electron chi connectivity index (χ3n) is 1.67. The van der Waals surface area contributed by atoms with E-state index in [1.165, 1.54) is 18.2 Å². The summed E-state index contributed by atoms with van der Waals surface area (Å²) in [4.78, 5) is 20.0. The maximum atomic E-state index is 10.5. The lowest BCUT2D eigenvalue weighted by atomic mass is 10.2. The molecule has 0 aliphatic rings. The minimum absolute atomic E-state index is 0.0872. The highest BCUT2D eigenvalue weighted by Gasteiger charge is 2.11. The number of carboxylic acids is 1. The fraction of sp³-hybridized carbons (Fsp3) is 0.222. The summed E-state index contributed by atoms with van der Waals surface area (Å²) >= 11 is 0. The third-order valence-corrected chi connectivity index (χ3v) is 1.67. The fourth-order valence-electron chi connectivity index (χ4n) is 1.06. The number of nitro benzene ring substituents is 1. The highest BCUT2D eigenvalue weighted by atomic mass is 16.6. The third kappa shape index (κ3) is 3.35. The molecular formula is C9H8NO5-. The first-order valence-corrected chi connectivity index (χ1v) is 4.11. The summed E-state index contributed by atoms with van der Waals surface area (Å²) < 4.78 is 4.71. The van der Waals surface area contributed by atoms with Gasteiger partial charge in [0.25, 0.3) is 5.69 Å². The van der Waals surface area contributed by atoms with Gasteiger partial charge in [0.15, 0.2) is 0 Å². The minimum atomic E-state index is -1.35. The van der Waals surface area contributed by atoms with E-state index in [0.717, 1.165) is 0 Å². The van der Waals surface area contributed by atoms with Crippen LogP contribution in [0.5, 0.6) is 0 Å². The molecule has 0 saturated carbocycles. The smallest absolute Gasteiger partial charge is 0.274 e. The second kappa shape index (κ2) is 5.06. The molecule has 0 unspecified atom stereocenters. The van der Waals surface area contributed by atoms with Gasteiger partial charge in [-0.1, -0.05) is 12.1 Å². The zero-order valence-corrected chi connectivity index (χ0v) is 7.71. The van der Waals surface area contributed by atoms with Crippen LogP contribution < -0.4 is 5.11 Å². The van der Waals surface area contributed by atoms with Crippen molar-refractivity contribution >= 4 is 11.7 Å². The molecule has 0 spiro atoms. The summed E-state index contributed by atoms with van der Waals surface area (Å²) in [6.07, 6.45) is 0. The van der Waals surface area contributed by atoms with Gasteiger partial charge < -0.3 is 14.6 Å². The van der Waals surface area contributed by atoms with Gasteiger partial charge in [-0.3, -0.25) is 10.1 Å². The molecule has 0 saturated heterocycles. The molecule has 0 radical (unpaired) electrons. The van der Waals surface area contributed by atoms with Crippen LogP contribution in [0.15, 0.2) is 24.3 Å². The van der Waals surface area contributed by atoms with Crippen molar-refractivity contribution in [2.75, 3.05) is 6.61 Å². The second-order valence-corrected chi connectivity index (χ2v) is 2.75. The highest BCUT2D eigenvalue weighted by molar-refractivity contribution is 5.65. The number of carbonyl (C=O) groups excluding carboxylic acids is 1. The van der Waals surface area contributed by atoms with Crippen molar-refractivity contribution in [3.63, 3.8) is 0 Å². The van der Waals surface area contributed by atoms with Crippen LogP contribution in [0.3, 0.4) is 0 Å². The predicted molar refractivity (Wildman–Crippen MR) is 47.8 cm³/mol. The summed E-state index contributed by atoms with van der Waals surface area (Å²) in [7, 11) is 0. The SMILES string of the molecule is O=C([O-])COCc1ccccc1[N+](=O)[O-]. The number of nitro groups is 1. The lowest BCUT2D eigenvalue weighted by Gasteiger charge is -2.05. The van der Waals surface area contributed by atoms with Crippen molar-refractivity contribution in [3.05, 3.63) is 39.9 Å². The summed E-state index contributed by atoms with van der Waals surface area (Å²) in [6, 6.07) is 5.98. The Labute approximate surface area is 85.2 Å². The molecule has 0 aliphatic carbocycles. The Bertz CT molecular complexity index is 377. The minimum Gasteiger partial charge on any atom is -0.548 e. The molecule has 1 aromatic rings. The first-order valence-electron chi connectivity index (χ1n) is 4.11. The van der Waals surface area contributed by atoms with Gasteiger partial charge in [-0.2, -0.15) is 0 Å². The Kier molecular flexibility index (Phi) is 3.75. The Morgan fingerprint density at radius 1 is 1.40 bits per heavy atom. The molecule has 0 amide bonds. The van der Waals surface area contributed by atoms with Crippen LogP contribution in [-0.2, 0) is 16.1 Å². The van der Waals surface area contributed by atoms with E-state index in [2.05, 4.69) is 0 Å². The summed E-state index contributed by atoms with van der Waals surface area (Å²) in [5.74, 6) is -1.35. The van der Waals surface area contributed by atoms with E-state index in [1.807, 2.05) is 0 Å². The van der Waals surface area contributed by atoms with E-state index in [0.29, 0.717) is 5.56 Å². The number of carbonyl (C=O) groups is 1. The fourth-order valence-corrected chi connectivity index (χ4v) is 1.06. The van der Waals surface area contributed by atoms with Crippen molar-refractivity contribution in [3.8, 4) is 0 Å². The molecule has 1 aromatic carbocycles. The molecule has 0 bridgehead atoms. The van der Waals surface area contributed by atoms with Crippen molar-refractivity contribution in [2.24, 2.45) is 0 Å². The van der Waals surface area contributed by atoms with E-state index in [1.54, 1.807) is 6.07 Å². The van der Waals surface area contributed by atoms with Crippen LogP contribution in [0.25, 0.3) is 0 Å². The van der Waals surface area contributed by atoms with E-state index >= 15 is 0 Å². The number of para-hydroxylation sites is 1.